The number of carbonyl (C=O) groups is 1. The van der Waals surface area contributed by atoms with Crippen molar-refractivity contribution in [2.75, 3.05) is 0 Å². The second kappa shape index (κ2) is 7.43. The van der Waals surface area contributed by atoms with E-state index in [4.69, 9.17) is 9.72 Å². The molecule has 1 aliphatic rings. The van der Waals surface area contributed by atoms with Gasteiger partial charge in [0.15, 0.2) is 0 Å². The van der Waals surface area contributed by atoms with Crippen LogP contribution in [0.15, 0.2) is 79.0 Å². The molecule has 0 saturated heterocycles. The second-order valence-corrected chi connectivity index (χ2v) is 7.22. The summed E-state index contributed by atoms with van der Waals surface area (Å²) < 4.78 is 8.29. The van der Waals surface area contributed by atoms with Gasteiger partial charge in [0.1, 0.15) is 18.0 Å². The fourth-order valence-electron chi connectivity index (χ4n) is 3.99. The first-order valence-corrected chi connectivity index (χ1v) is 9.78. The molecule has 29 heavy (non-hydrogen) atoms. The fourth-order valence-corrected chi connectivity index (χ4v) is 3.99. The van der Waals surface area contributed by atoms with E-state index in [0.717, 1.165) is 33.9 Å². The Morgan fingerprint density at radius 3 is 2.69 bits per heavy atom. The first-order chi connectivity index (χ1) is 14.3. The largest absolute Gasteiger partial charge is 0.489 e. The molecule has 4 aromatic rings. The number of para-hydroxylation sites is 1. The van der Waals surface area contributed by atoms with E-state index in [1.165, 1.54) is 0 Å². The van der Waals surface area contributed by atoms with Crippen molar-refractivity contribution in [1.29, 1.82) is 0 Å². The molecular formula is C24H21N3O2. The summed E-state index contributed by atoms with van der Waals surface area (Å²) in [7, 11) is 0. The van der Waals surface area contributed by atoms with Crippen molar-refractivity contribution in [3.05, 3.63) is 102 Å². The van der Waals surface area contributed by atoms with Crippen molar-refractivity contribution in [3.63, 3.8) is 0 Å². The minimum absolute atomic E-state index is 0.0237. The Hall–Kier alpha value is -3.60. The highest BCUT2D eigenvalue weighted by molar-refractivity contribution is 5.78. The van der Waals surface area contributed by atoms with Gasteiger partial charge in [-0.25, -0.2) is 4.98 Å². The lowest BCUT2D eigenvalue weighted by atomic mass is 9.91. The first kappa shape index (κ1) is 17.5. The molecule has 0 radical (unpaired) electrons. The van der Waals surface area contributed by atoms with Crippen LogP contribution in [0.2, 0.25) is 0 Å². The maximum Gasteiger partial charge on any atom is 0.221 e. The van der Waals surface area contributed by atoms with Gasteiger partial charge in [0.25, 0.3) is 0 Å². The standard InChI is InChI=1S/C24H21N3O2/c28-23-14-19(24-20(15-25-23)26-22-12-6-7-13-27(22)24)18-10-4-5-11-21(18)29-16-17-8-2-1-3-9-17/h1-13,19H,14-16H2,(H,25,28)/t19-/m1/s1. The molecule has 0 spiro atoms. The normalized spacial score (nSPS) is 16.1. The van der Waals surface area contributed by atoms with E-state index in [1.807, 2.05) is 72.9 Å². The van der Waals surface area contributed by atoms with Gasteiger partial charge in [-0.1, -0.05) is 54.6 Å². The lowest BCUT2D eigenvalue weighted by Crippen LogP contribution is -2.21. The number of nitrogens with one attached hydrogen (secondary N) is 1. The van der Waals surface area contributed by atoms with Crippen LogP contribution in [0.4, 0.5) is 0 Å². The summed E-state index contributed by atoms with van der Waals surface area (Å²) >= 11 is 0. The Bertz CT molecular complexity index is 1170. The maximum atomic E-state index is 12.5. The monoisotopic (exact) mass is 383 g/mol. The van der Waals surface area contributed by atoms with Gasteiger partial charge in [-0.05, 0) is 23.8 Å². The van der Waals surface area contributed by atoms with E-state index >= 15 is 0 Å². The number of pyridine rings is 1. The highest BCUT2D eigenvalue weighted by atomic mass is 16.5. The molecule has 3 heterocycles. The number of carbonyl (C=O) groups excluding carboxylic acids is 1. The van der Waals surface area contributed by atoms with Gasteiger partial charge in [0, 0.05) is 24.1 Å². The molecule has 0 unspecified atom stereocenters. The van der Waals surface area contributed by atoms with Crippen LogP contribution in [-0.4, -0.2) is 15.3 Å². The van der Waals surface area contributed by atoms with E-state index < -0.39 is 0 Å². The third-order valence-electron chi connectivity index (χ3n) is 5.35. The van der Waals surface area contributed by atoms with Gasteiger partial charge in [-0.3, -0.25) is 4.79 Å². The summed E-state index contributed by atoms with van der Waals surface area (Å²) in [4.78, 5) is 17.2. The average molecular weight is 383 g/mol. The Morgan fingerprint density at radius 1 is 1.00 bits per heavy atom. The Morgan fingerprint density at radius 2 is 1.79 bits per heavy atom. The highest BCUT2D eigenvalue weighted by Crippen LogP contribution is 2.38. The van der Waals surface area contributed by atoms with Crippen molar-refractivity contribution in [2.45, 2.75) is 25.5 Å². The molecule has 2 aromatic heterocycles. The van der Waals surface area contributed by atoms with Crippen LogP contribution in [0.3, 0.4) is 0 Å². The Kier molecular flexibility index (Phi) is 4.48. The fraction of sp³-hybridized carbons (Fsp3) is 0.167. The predicted molar refractivity (Wildman–Crippen MR) is 111 cm³/mol. The van der Waals surface area contributed by atoms with Crippen LogP contribution >= 0.6 is 0 Å². The average Bonchev–Trinajstić information content (AvgIpc) is 3.05. The molecule has 2 aromatic carbocycles. The number of ether oxygens (including phenoxy) is 1. The van der Waals surface area contributed by atoms with E-state index in [0.29, 0.717) is 19.6 Å². The molecule has 1 aliphatic heterocycles. The van der Waals surface area contributed by atoms with E-state index in [-0.39, 0.29) is 11.8 Å². The molecule has 5 heteroatoms. The molecule has 1 atom stereocenters. The zero-order valence-corrected chi connectivity index (χ0v) is 15.9. The molecule has 5 nitrogen and oxygen atoms in total. The molecule has 144 valence electrons. The van der Waals surface area contributed by atoms with Crippen LogP contribution in [0, 0.1) is 0 Å². The molecular weight excluding hydrogens is 362 g/mol. The summed E-state index contributed by atoms with van der Waals surface area (Å²) in [5.74, 6) is 0.695. The number of fused-ring (bicyclic) bond motifs is 3. The van der Waals surface area contributed by atoms with E-state index in [2.05, 4.69) is 15.8 Å². The Labute approximate surface area is 169 Å². The predicted octanol–water partition coefficient (Wildman–Crippen LogP) is 4.07. The number of rotatable bonds is 4. The summed E-state index contributed by atoms with van der Waals surface area (Å²) in [5.41, 5.74) is 4.96. The number of imidazole rings is 1. The van der Waals surface area contributed by atoms with Gasteiger partial charge >= 0.3 is 0 Å². The number of nitrogens with zero attached hydrogens (tertiary/aromatic N) is 2. The molecule has 0 bridgehead atoms. The minimum atomic E-state index is -0.128. The summed E-state index contributed by atoms with van der Waals surface area (Å²) in [6, 6.07) is 24.0. The van der Waals surface area contributed by atoms with Crippen LogP contribution in [0.1, 0.15) is 34.9 Å². The summed E-state index contributed by atoms with van der Waals surface area (Å²) in [5, 5.41) is 2.98. The SMILES string of the molecule is O=C1C[C@H](c2ccccc2OCc2ccccc2)c2c(nc3ccccn23)CN1. The first-order valence-electron chi connectivity index (χ1n) is 9.78. The number of amides is 1. The van der Waals surface area contributed by atoms with Gasteiger partial charge < -0.3 is 14.5 Å². The summed E-state index contributed by atoms with van der Waals surface area (Å²) in [6.07, 6.45) is 2.37. The maximum absolute atomic E-state index is 12.5. The molecule has 5 rings (SSSR count). The topological polar surface area (TPSA) is 55.6 Å². The lowest BCUT2D eigenvalue weighted by molar-refractivity contribution is -0.121. The lowest BCUT2D eigenvalue weighted by Gasteiger charge is -2.19. The highest BCUT2D eigenvalue weighted by Gasteiger charge is 2.30. The minimum Gasteiger partial charge on any atom is -0.489 e. The van der Waals surface area contributed by atoms with E-state index in [9.17, 15) is 4.79 Å². The number of hydrogen-bond donors (Lipinski definition) is 1. The molecule has 0 aliphatic carbocycles. The van der Waals surface area contributed by atoms with Crippen LogP contribution < -0.4 is 10.1 Å². The Balaban J connectivity index is 1.57. The van der Waals surface area contributed by atoms with Crippen LogP contribution in [0.25, 0.3) is 5.65 Å². The zero-order chi connectivity index (χ0) is 19.6. The summed E-state index contributed by atoms with van der Waals surface area (Å²) in [6.45, 7) is 0.927. The molecule has 0 fully saturated rings. The van der Waals surface area contributed by atoms with E-state index in [1.54, 1.807) is 0 Å². The number of benzene rings is 2. The third-order valence-corrected chi connectivity index (χ3v) is 5.35. The number of aromatic nitrogens is 2. The second-order valence-electron chi connectivity index (χ2n) is 7.22. The third kappa shape index (κ3) is 3.36. The van der Waals surface area contributed by atoms with Crippen molar-refractivity contribution in [2.24, 2.45) is 0 Å². The van der Waals surface area contributed by atoms with Gasteiger partial charge in [-0.15, -0.1) is 0 Å². The smallest absolute Gasteiger partial charge is 0.221 e. The van der Waals surface area contributed by atoms with Crippen molar-refractivity contribution >= 4 is 11.6 Å². The quantitative estimate of drug-likeness (QED) is 0.578. The molecule has 1 N–H and O–H groups in total. The van der Waals surface area contributed by atoms with Gasteiger partial charge in [0.05, 0.1) is 17.9 Å². The number of hydrogen-bond acceptors (Lipinski definition) is 3. The van der Waals surface area contributed by atoms with Crippen molar-refractivity contribution in [1.82, 2.24) is 14.7 Å². The van der Waals surface area contributed by atoms with Crippen LogP contribution in [-0.2, 0) is 17.9 Å². The van der Waals surface area contributed by atoms with Crippen LogP contribution in [0.5, 0.6) is 5.75 Å². The van der Waals surface area contributed by atoms with Crippen molar-refractivity contribution < 1.29 is 9.53 Å². The van der Waals surface area contributed by atoms with Crippen molar-refractivity contribution in [3.8, 4) is 5.75 Å². The molecule has 0 saturated carbocycles. The van der Waals surface area contributed by atoms with Gasteiger partial charge in [0.2, 0.25) is 5.91 Å². The molecule has 1 amide bonds. The van der Waals surface area contributed by atoms with Gasteiger partial charge in [-0.2, -0.15) is 0 Å². The zero-order valence-electron chi connectivity index (χ0n) is 15.9.